The zero-order chi connectivity index (χ0) is 15.5. The van der Waals surface area contributed by atoms with E-state index in [0.29, 0.717) is 6.61 Å². The Labute approximate surface area is 146 Å². The lowest BCUT2D eigenvalue weighted by Crippen LogP contribution is -1.98. The van der Waals surface area contributed by atoms with Crippen LogP contribution in [0.1, 0.15) is 11.1 Å². The molecule has 2 nitrogen and oxygen atoms in total. The first kappa shape index (κ1) is 15.5. The van der Waals surface area contributed by atoms with Crippen LogP contribution in [0, 0.1) is 0 Å². The number of halogens is 2. The molecular formula is C18H14Br2O2. The quantitative estimate of drug-likeness (QED) is 0.608. The molecule has 0 saturated heterocycles. The van der Waals surface area contributed by atoms with Crippen LogP contribution in [0.5, 0.6) is 5.75 Å². The van der Waals surface area contributed by atoms with Crippen LogP contribution in [-0.4, -0.2) is 5.11 Å². The summed E-state index contributed by atoms with van der Waals surface area (Å²) < 4.78 is 7.64. The smallest absolute Gasteiger partial charge is 0.148 e. The van der Waals surface area contributed by atoms with Crippen LogP contribution in [0.25, 0.3) is 10.8 Å². The van der Waals surface area contributed by atoms with Crippen molar-refractivity contribution < 1.29 is 9.84 Å². The summed E-state index contributed by atoms with van der Waals surface area (Å²) in [5, 5.41) is 11.6. The number of hydrogen-bond acceptors (Lipinski definition) is 2. The van der Waals surface area contributed by atoms with E-state index in [-0.39, 0.29) is 6.61 Å². The minimum absolute atomic E-state index is 0.000796. The van der Waals surface area contributed by atoms with Crippen LogP contribution in [0.2, 0.25) is 0 Å². The van der Waals surface area contributed by atoms with E-state index in [2.05, 4.69) is 56.1 Å². The Balaban J connectivity index is 1.89. The fraction of sp³-hybridized carbons (Fsp3) is 0.111. The van der Waals surface area contributed by atoms with Gasteiger partial charge in [0.25, 0.3) is 0 Å². The van der Waals surface area contributed by atoms with Gasteiger partial charge in [-0.2, -0.15) is 0 Å². The topological polar surface area (TPSA) is 29.5 Å². The molecule has 0 heterocycles. The van der Waals surface area contributed by atoms with Gasteiger partial charge in [0.15, 0.2) is 0 Å². The predicted octanol–water partition coefficient (Wildman–Crippen LogP) is 5.44. The van der Waals surface area contributed by atoms with E-state index in [9.17, 15) is 5.11 Å². The second-order valence-electron chi connectivity index (χ2n) is 4.97. The number of benzene rings is 3. The maximum absolute atomic E-state index is 9.22. The first-order chi connectivity index (χ1) is 10.7. The van der Waals surface area contributed by atoms with Gasteiger partial charge in [0.2, 0.25) is 0 Å². The zero-order valence-electron chi connectivity index (χ0n) is 11.7. The lowest BCUT2D eigenvalue weighted by atomic mass is 10.1. The Hall–Kier alpha value is -1.36. The Morgan fingerprint density at radius 2 is 1.59 bits per heavy atom. The largest absolute Gasteiger partial charge is 0.487 e. The SMILES string of the molecule is OCc1cc(Br)c(OCc2cccc3ccccc23)c(Br)c1. The van der Waals surface area contributed by atoms with Gasteiger partial charge in [-0.3, -0.25) is 0 Å². The molecule has 3 rings (SSSR count). The standard InChI is InChI=1S/C18H14Br2O2/c19-16-8-12(10-21)9-17(20)18(16)22-11-14-6-3-5-13-4-1-2-7-15(13)14/h1-9,21H,10-11H2. The summed E-state index contributed by atoms with van der Waals surface area (Å²) in [6.07, 6.45) is 0. The van der Waals surface area contributed by atoms with Crippen molar-refractivity contribution >= 4 is 42.6 Å². The molecule has 0 fully saturated rings. The van der Waals surface area contributed by atoms with Crippen LogP contribution in [-0.2, 0) is 13.2 Å². The monoisotopic (exact) mass is 420 g/mol. The summed E-state index contributed by atoms with van der Waals surface area (Å²) in [5.41, 5.74) is 1.97. The van der Waals surface area contributed by atoms with Gasteiger partial charge >= 0.3 is 0 Å². The molecule has 0 spiro atoms. The summed E-state index contributed by atoms with van der Waals surface area (Å²) in [6.45, 7) is 0.484. The van der Waals surface area contributed by atoms with E-state index in [0.717, 1.165) is 25.8 Å². The first-order valence-corrected chi connectivity index (χ1v) is 8.46. The molecule has 4 heteroatoms. The fourth-order valence-electron chi connectivity index (χ4n) is 2.41. The average molecular weight is 422 g/mol. The minimum atomic E-state index is 0.000796. The van der Waals surface area contributed by atoms with Crippen LogP contribution in [0.4, 0.5) is 0 Å². The zero-order valence-corrected chi connectivity index (χ0v) is 14.9. The maximum Gasteiger partial charge on any atom is 0.148 e. The van der Waals surface area contributed by atoms with Gasteiger partial charge in [-0.15, -0.1) is 0 Å². The van der Waals surface area contributed by atoms with Crippen molar-refractivity contribution in [1.82, 2.24) is 0 Å². The van der Waals surface area contributed by atoms with Crippen LogP contribution >= 0.6 is 31.9 Å². The van der Waals surface area contributed by atoms with Gasteiger partial charge in [-0.05, 0) is 65.9 Å². The highest BCUT2D eigenvalue weighted by atomic mass is 79.9. The molecule has 22 heavy (non-hydrogen) atoms. The van der Waals surface area contributed by atoms with Gasteiger partial charge in [0.05, 0.1) is 15.6 Å². The minimum Gasteiger partial charge on any atom is -0.487 e. The number of rotatable bonds is 4. The Morgan fingerprint density at radius 1 is 0.909 bits per heavy atom. The highest BCUT2D eigenvalue weighted by Crippen LogP contribution is 2.35. The van der Waals surface area contributed by atoms with E-state index in [4.69, 9.17) is 4.74 Å². The lowest BCUT2D eigenvalue weighted by molar-refractivity contribution is 0.280. The number of ether oxygens (including phenoxy) is 1. The Morgan fingerprint density at radius 3 is 2.32 bits per heavy atom. The molecule has 0 aliphatic heterocycles. The molecule has 0 amide bonds. The second-order valence-corrected chi connectivity index (χ2v) is 6.68. The molecule has 0 aliphatic rings. The summed E-state index contributed by atoms with van der Waals surface area (Å²) in [5.74, 6) is 0.741. The van der Waals surface area contributed by atoms with Crippen molar-refractivity contribution in [3.8, 4) is 5.75 Å². The second kappa shape index (κ2) is 6.82. The number of aliphatic hydroxyl groups is 1. The summed E-state index contributed by atoms with van der Waals surface area (Å²) in [6, 6.07) is 18.2. The molecule has 1 N–H and O–H groups in total. The molecule has 0 aliphatic carbocycles. The Bertz CT molecular complexity index is 787. The summed E-state index contributed by atoms with van der Waals surface area (Å²) in [4.78, 5) is 0. The molecule has 0 bridgehead atoms. The van der Waals surface area contributed by atoms with E-state index in [1.807, 2.05) is 30.3 Å². The first-order valence-electron chi connectivity index (χ1n) is 6.87. The van der Waals surface area contributed by atoms with Crippen LogP contribution < -0.4 is 4.74 Å². The van der Waals surface area contributed by atoms with Crippen molar-refractivity contribution in [1.29, 1.82) is 0 Å². The molecule has 0 saturated carbocycles. The van der Waals surface area contributed by atoms with Gasteiger partial charge in [0, 0.05) is 0 Å². The van der Waals surface area contributed by atoms with Gasteiger partial charge in [-0.25, -0.2) is 0 Å². The van der Waals surface area contributed by atoms with Crippen LogP contribution in [0.3, 0.4) is 0 Å². The van der Waals surface area contributed by atoms with E-state index in [1.165, 1.54) is 10.8 Å². The third-order valence-electron chi connectivity index (χ3n) is 3.49. The molecule has 3 aromatic carbocycles. The number of fused-ring (bicyclic) bond motifs is 1. The van der Waals surface area contributed by atoms with E-state index >= 15 is 0 Å². The summed E-state index contributed by atoms with van der Waals surface area (Å²) >= 11 is 6.99. The van der Waals surface area contributed by atoms with Crippen molar-refractivity contribution in [2.75, 3.05) is 0 Å². The number of hydrogen-bond donors (Lipinski definition) is 1. The van der Waals surface area contributed by atoms with E-state index < -0.39 is 0 Å². The van der Waals surface area contributed by atoms with Crippen LogP contribution in [0.15, 0.2) is 63.5 Å². The number of aliphatic hydroxyl groups excluding tert-OH is 1. The van der Waals surface area contributed by atoms with Gasteiger partial charge < -0.3 is 9.84 Å². The average Bonchev–Trinajstić information content (AvgIpc) is 2.54. The van der Waals surface area contributed by atoms with Gasteiger partial charge in [-0.1, -0.05) is 42.5 Å². The van der Waals surface area contributed by atoms with Crippen molar-refractivity contribution in [2.45, 2.75) is 13.2 Å². The Kier molecular flexibility index (Phi) is 4.81. The maximum atomic E-state index is 9.22. The van der Waals surface area contributed by atoms with Gasteiger partial charge in [0.1, 0.15) is 12.4 Å². The lowest BCUT2D eigenvalue weighted by Gasteiger charge is -2.13. The molecule has 3 aromatic rings. The molecule has 0 unspecified atom stereocenters. The molecule has 112 valence electrons. The highest BCUT2D eigenvalue weighted by Gasteiger charge is 2.10. The summed E-state index contributed by atoms with van der Waals surface area (Å²) in [7, 11) is 0. The van der Waals surface area contributed by atoms with Crippen molar-refractivity contribution in [2.24, 2.45) is 0 Å². The highest BCUT2D eigenvalue weighted by molar-refractivity contribution is 9.11. The molecule has 0 atom stereocenters. The normalized spacial score (nSPS) is 10.9. The third kappa shape index (κ3) is 3.19. The molecule has 0 aromatic heterocycles. The predicted molar refractivity (Wildman–Crippen MR) is 96.0 cm³/mol. The van der Waals surface area contributed by atoms with Crippen molar-refractivity contribution in [3.63, 3.8) is 0 Å². The molecule has 0 radical (unpaired) electrons. The molecular weight excluding hydrogens is 408 g/mol. The van der Waals surface area contributed by atoms with Crippen molar-refractivity contribution in [3.05, 3.63) is 74.7 Å². The fourth-order valence-corrected chi connectivity index (χ4v) is 3.92. The third-order valence-corrected chi connectivity index (χ3v) is 4.67. The van der Waals surface area contributed by atoms with E-state index in [1.54, 1.807) is 0 Å².